The van der Waals surface area contributed by atoms with E-state index in [9.17, 15) is 9.59 Å². The van der Waals surface area contributed by atoms with E-state index in [1.165, 1.54) is 0 Å². The first-order valence-corrected chi connectivity index (χ1v) is 7.83. The molecule has 1 amide bonds. The van der Waals surface area contributed by atoms with Crippen molar-refractivity contribution in [3.8, 4) is 0 Å². The van der Waals surface area contributed by atoms with E-state index in [-0.39, 0.29) is 17.7 Å². The molecule has 1 unspecified atom stereocenters. The molecule has 0 aromatic carbocycles. The van der Waals surface area contributed by atoms with Crippen LogP contribution in [0.4, 0.5) is 0 Å². The van der Waals surface area contributed by atoms with Crippen LogP contribution in [0.25, 0.3) is 0 Å². The molecular weight excluding hydrogens is 254 g/mol. The monoisotopic (exact) mass is 283 g/mol. The van der Waals surface area contributed by atoms with Gasteiger partial charge in [0, 0.05) is 13.0 Å². The van der Waals surface area contributed by atoms with Crippen LogP contribution in [0.5, 0.6) is 0 Å². The normalized spacial score (nSPS) is 19.6. The molecule has 116 valence electrons. The smallest absolute Gasteiger partial charge is 0.303 e. The third kappa shape index (κ3) is 5.51. The highest BCUT2D eigenvalue weighted by Gasteiger charge is 2.36. The van der Waals surface area contributed by atoms with Gasteiger partial charge in [0.05, 0.1) is 6.42 Å². The molecule has 0 aromatic rings. The molecule has 20 heavy (non-hydrogen) atoms. The van der Waals surface area contributed by atoms with Gasteiger partial charge in [0.2, 0.25) is 5.91 Å². The number of carbonyl (C=O) groups excluding carboxylic acids is 1. The zero-order valence-electron chi connectivity index (χ0n) is 13.1. The molecule has 2 N–H and O–H groups in total. The van der Waals surface area contributed by atoms with Gasteiger partial charge in [-0.3, -0.25) is 9.59 Å². The lowest BCUT2D eigenvalue weighted by molar-refractivity contribution is -0.141. The van der Waals surface area contributed by atoms with Gasteiger partial charge in [-0.1, -0.05) is 40.0 Å². The Kier molecular flexibility index (Phi) is 6.50. The first kappa shape index (κ1) is 17.0. The van der Waals surface area contributed by atoms with Crippen LogP contribution < -0.4 is 5.32 Å². The summed E-state index contributed by atoms with van der Waals surface area (Å²) in [6, 6.07) is 0. The molecule has 0 heterocycles. The predicted molar refractivity (Wildman–Crippen MR) is 79.4 cm³/mol. The van der Waals surface area contributed by atoms with Gasteiger partial charge in [0.15, 0.2) is 0 Å². The predicted octanol–water partition coefficient (Wildman–Crippen LogP) is 3.21. The molecule has 1 aliphatic carbocycles. The largest absolute Gasteiger partial charge is 0.481 e. The van der Waals surface area contributed by atoms with E-state index in [1.54, 1.807) is 0 Å². The molecule has 4 heteroatoms. The Balaban J connectivity index is 2.52. The highest BCUT2D eigenvalue weighted by Crippen LogP contribution is 2.42. The summed E-state index contributed by atoms with van der Waals surface area (Å²) in [5.74, 6) is 0.217. The second-order valence-corrected chi connectivity index (χ2v) is 6.83. The van der Waals surface area contributed by atoms with Crippen LogP contribution in [0.2, 0.25) is 0 Å². The Morgan fingerprint density at radius 1 is 1.10 bits per heavy atom. The fraction of sp³-hybridized carbons (Fsp3) is 0.875. The second kappa shape index (κ2) is 7.65. The highest BCUT2D eigenvalue weighted by atomic mass is 16.4. The lowest BCUT2D eigenvalue weighted by Gasteiger charge is -2.35. The summed E-state index contributed by atoms with van der Waals surface area (Å²) in [5, 5.41) is 12.1. The van der Waals surface area contributed by atoms with Gasteiger partial charge in [-0.2, -0.15) is 0 Å². The lowest BCUT2D eigenvalue weighted by Crippen LogP contribution is -2.37. The van der Waals surface area contributed by atoms with Gasteiger partial charge < -0.3 is 10.4 Å². The van der Waals surface area contributed by atoms with E-state index in [0.29, 0.717) is 24.8 Å². The fourth-order valence-corrected chi connectivity index (χ4v) is 2.95. The van der Waals surface area contributed by atoms with Crippen molar-refractivity contribution in [2.45, 2.75) is 65.7 Å². The minimum atomic E-state index is -0.782. The zero-order valence-corrected chi connectivity index (χ0v) is 13.1. The molecule has 0 saturated heterocycles. The maximum absolute atomic E-state index is 12.1. The van der Waals surface area contributed by atoms with E-state index in [4.69, 9.17) is 5.11 Å². The van der Waals surface area contributed by atoms with Crippen molar-refractivity contribution in [2.75, 3.05) is 6.54 Å². The maximum atomic E-state index is 12.1. The number of hydrogen-bond acceptors (Lipinski definition) is 2. The number of amides is 1. The van der Waals surface area contributed by atoms with Gasteiger partial charge in [0.1, 0.15) is 0 Å². The van der Waals surface area contributed by atoms with E-state index in [1.807, 2.05) is 0 Å². The molecule has 0 aromatic heterocycles. The van der Waals surface area contributed by atoms with Crippen LogP contribution >= 0.6 is 0 Å². The quantitative estimate of drug-likeness (QED) is 0.754. The minimum Gasteiger partial charge on any atom is -0.481 e. The second-order valence-electron chi connectivity index (χ2n) is 6.83. The number of carbonyl (C=O) groups is 2. The lowest BCUT2D eigenvalue weighted by atomic mass is 9.69. The van der Waals surface area contributed by atoms with Crippen molar-refractivity contribution in [3.63, 3.8) is 0 Å². The van der Waals surface area contributed by atoms with E-state index in [2.05, 4.69) is 26.1 Å². The Morgan fingerprint density at radius 2 is 1.70 bits per heavy atom. The first-order valence-electron chi connectivity index (χ1n) is 7.83. The molecule has 0 aliphatic heterocycles. The minimum absolute atomic E-state index is 0.0145. The molecule has 1 rings (SSSR count). The maximum Gasteiger partial charge on any atom is 0.303 e. The summed E-state index contributed by atoms with van der Waals surface area (Å²) in [5.41, 5.74) is -0.310. The molecule has 0 radical (unpaired) electrons. The third-order valence-corrected chi connectivity index (χ3v) is 4.74. The number of nitrogens with one attached hydrogen (secondary N) is 1. The average molecular weight is 283 g/mol. The van der Waals surface area contributed by atoms with Gasteiger partial charge >= 0.3 is 5.97 Å². The van der Waals surface area contributed by atoms with Crippen LogP contribution in [-0.4, -0.2) is 23.5 Å². The number of carboxylic acid groups (broad SMARTS) is 1. The van der Waals surface area contributed by atoms with Gasteiger partial charge in [-0.15, -0.1) is 0 Å². The fourth-order valence-electron chi connectivity index (χ4n) is 2.95. The molecule has 1 fully saturated rings. The topological polar surface area (TPSA) is 66.4 Å². The van der Waals surface area contributed by atoms with Crippen LogP contribution in [0.15, 0.2) is 0 Å². The standard InChI is InChI=1S/C16H29NO3/c1-12(2)13(3)11-17-14(18)9-16(10-15(19)20)7-5-4-6-8-16/h12-13H,4-11H2,1-3H3,(H,17,18)(H,19,20). The summed E-state index contributed by atoms with van der Waals surface area (Å²) in [6.45, 7) is 7.09. The number of hydrogen-bond donors (Lipinski definition) is 2. The third-order valence-electron chi connectivity index (χ3n) is 4.74. The average Bonchev–Trinajstić information content (AvgIpc) is 2.35. The van der Waals surface area contributed by atoms with E-state index < -0.39 is 5.97 Å². The SMILES string of the molecule is CC(C)C(C)CNC(=O)CC1(CC(=O)O)CCCCC1. The van der Waals surface area contributed by atoms with Crippen molar-refractivity contribution < 1.29 is 14.7 Å². The van der Waals surface area contributed by atoms with Crippen molar-refractivity contribution in [1.82, 2.24) is 5.32 Å². The summed E-state index contributed by atoms with van der Waals surface area (Å²) in [4.78, 5) is 23.2. The summed E-state index contributed by atoms with van der Waals surface area (Å²) in [7, 11) is 0. The highest BCUT2D eigenvalue weighted by molar-refractivity contribution is 5.78. The van der Waals surface area contributed by atoms with Gasteiger partial charge in [0.25, 0.3) is 0 Å². The van der Waals surface area contributed by atoms with Crippen molar-refractivity contribution >= 4 is 11.9 Å². The molecular formula is C16H29NO3. The summed E-state index contributed by atoms with van der Waals surface area (Å²) < 4.78 is 0. The molecule has 4 nitrogen and oxygen atoms in total. The van der Waals surface area contributed by atoms with Gasteiger partial charge in [-0.05, 0) is 30.1 Å². The van der Waals surface area contributed by atoms with E-state index >= 15 is 0 Å². The van der Waals surface area contributed by atoms with Crippen LogP contribution in [0.1, 0.15) is 65.7 Å². The molecule has 1 atom stereocenters. The number of rotatable bonds is 7. The number of aliphatic carboxylic acids is 1. The first-order chi connectivity index (χ1) is 9.34. The van der Waals surface area contributed by atoms with Crippen LogP contribution in [-0.2, 0) is 9.59 Å². The molecule has 0 spiro atoms. The van der Waals surface area contributed by atoms with Crippen molar-refractivity contribution in [1.29, 1.82) is 0 Å². The summed E-state index contributed by atoms with van der Waals surface area (Å²) >= 11 is 0. The van der Waals surface area contributed by atoms with Crippen molar-refractivity contribution in [3.05, 3.63) is 0 Å². The zero-order chi connectivity index (χ0) is 15.2. The van der Waals surface area contributed by atoms with Crippen LogP contribution in [0, 0.1) is 17.3 Å². The number of carboxylic acids is 1. The Labute approximate surface area is 122 Å². The van der Waals surface area contributed by atoms with Crippen LogP contribution in [0.3, 0.4) is 0 Å². The Morgan fingerprint density at radius 3 is 2.20 bits per heavy atom. The molecule has 1 aliphatic rings. The Hall–Kier alpha value is -1.06. The molecule has 1 saturated carbocycles. The van der Waals surface area contributed by atoms with E-state index in [0.717, 1.165) is 32.1 Å². The van der Waals surface area contributed by atoms with Crippen molar-refractivity contribution in [2.24, 2.45) is 17.3 Å². The molecule has 0 bridgehead atoms. The summed E-state index contributed by atoms with van der Waals surface area (Å²) in [6.07, 6.45) is 5.47. The van der Waals surface area contributed by atoms with Gasteiger partial charge in [-0.25, -0.2) is 0 Å². The Bertz CT molecular complexity index is 333.